The number of hydrogen-bond donors (Lipinski definition) is 2. The van der Waals surface area contributed by atoms with Crippen LogP contribution in [0.15, 0.2) is 93.9 Å². The molecule has 0 amide bonds. The highest BCUT2D eigenvalue weighted by Gasteiger charge is 2.55. The van der Waals surface area contributed by atoms with E-state index in [0.717, 1.165) is 131 Å². The van der Waals surface area contributed by atoms with Crippen molar-refractivity contribution in [2.24, 2.45) is 104 Å². The van der Waals surface area contributed by atoms with Gasteiger partial charge in [0.2, 0.25) is 0 Å². The number of nitrogens with zero attached hydrogens (tertiary/aromatic N) is 6. The molecule has 14 nitrogen and oxygen atoms in total. The molecule has 14 aliphatic carbocycles. The molecule has 2 N–H and O–H groups in total. The van der Waals surface area contributed by atoms with Crippen molar-refractivity contribution >= 4 is 65.0 Å². The molecular formula is C97H154N6O8P2S. The lowest BCUT2D eigenvalue weighted by Crippen LogP contribution is -2.58. The van der Waals surface area contributed by atoms with Gasteiger partial charge in [0, 0.05) is 55.1 Å². The van der Waals surface area contributed by atoms with Crippen molar-refractivity contribution in [1.29, 1.82) is 0 Å². The highest BCUT2D eigenvalue weighted by Crippen LogP contribution is 2.62. The monoisotopic (exact) mass is 1630 g/mol. The molecule has 2 atom stereocenters. The van der Waals surface area contributed by atoms with Crippen molar-refractivity contribution in [3.8, 4) is 11.3 Å². The van der Waals surface area contributed by atoms with Crippen molar-refractivity contribution in [2.75, 3.05) is 28.0 Å². The average Bonchev–Trinajstić information content (AvgIpc) is 1.23. The summed E-state index contributed by atoms with van der Waals surface area (Å²) in [5.74, 6) is 12.0. The number of para-hydroxylation sites is 3. The standard InChI is InChI=1S/C18H20N2O.C16H18N2O.C16H18N2S.2C11H19O3P.5C5H12/c1-2-4-14(5-3-1)17-11-19-18(21-17)20-15-7-12-6-13(9-15)10-16(20)8-12;2*1-2-4-15-14(3-1)17-16(19-15)18-12-6-10-5-11(8-12)9-13(18)7-10;1-15(12,13)14-11-5-8-2-9(6-11)4-10(3-8)7-11;1-15(12,13)14-11-9-3-7-2-8(5-9)6-10(11)4-7;5*1-5(2,3)4/h1-5,11-13,15-16H,6-10H2;2*1-4,10-13H,5-9H2;8-10H,2-7H2,1H3,(H,12,13);7-11H,2-6H2,1H3,(H,12,13);5*1-4H3. The average molecular weight is 1630 g/mol. The van der Waals surface area contributed by atoms with Crippen molar-refractivity contribution in [2.45, 2.75) is 353 Å². The van der Waals surface area contributed by atoms with E-state index in [1.165, 1.54) is 176 Å². The van der Waals surface area contributed by atoms with Gasteiger partial charge in [-0.25, -0.2) is 9.97 Å². The number of fused-ring (bicyclic) bond motifs is 2. The Kier molecular flexibility index (Phi) is 28.1. The molecule has 17 heteroatoms. The first-order valence-electron chi connectivity index (χ1n) is 45.1. The second-order valence-electron chi connectivity index (χ2n) is 47.0. The van der Waals surface area contributed by atoms with Crippen LogP contribution in [0.1, 0.15) is 305 Å². The second-order valence-corrected chi connectivity index (χ2v) is 51.6. The van der Waals surface area contributed by atoms with E-state index in [1.807, 2.05) is 60.0 Å². The Balaban J connectivity index is 0.000000123. The molecule has 14 saturated carbocycles. The van der Waals surface area contributed by atoms with Crippen LogP contribution in [0.25, 0.3) is 32.6 Å². The topological polar surface area (TPSA) is 168 Å². The zero-order chi connectivity index (χ0) is 82.4. The lowest BCUT2D eigenvalue weighted by molar-refractivity contribution is -0.110. The van der Waals surface area contributed by atoms with E-state index >= 15 is 0 Å². The largest absolute Gasteiger partial charge is 0.423 e. The maximum atomic E-state index is 11.4. The first-order valence-corrected chi connectivity index (χ1v) is 50.0. The fourth-order valence-electron chi connectivity index (χ4n) is 23.4. The summed E-state index contributed by atoms with van der Waals surface area (Å²) in [6.45, 7) is 46.4. The molecule has 0 radical (unpaired) electrons. The van der Waals surface area contributed by atoms with Gasteiger partial charge in [-0.15, -0.1) is 0 Å². The molecule has 0 spiro atoms. The number of anilines is 3. The molecule has 20 aliphatic rings. The number of hydrogen-bond acceptors (Lipinski definition) is 13. The van der Waals surface area contributed by atoms with Crippen LogP contribution in [0.5, 0.6) is 0 Å². The van der Waals surface area contributed by atoms with Gasteiger partial charge in [-0.3, -0.25) is 9.13 Å². The van der Waals surface area contributed by atoms with E-state index < -0.39 is 15.2 Å². The van der Waals surface area contributed by atoms with Crippen LogP contribution in [0.4, 0.5) is 17.2 Å². The van der Waals surface area contributed by atoms with Crippen molar-refractivity contribution in [1.82, 2.24) is 15.0 Å². The van der Waals surface area contributed by atoms with Gasteiger partial charge in [0.15, 0.2) is 16.5 Å². The molecule has 114 heavy (non-hydrogen) atoms. The van der Waals surface area contributed by atoms with Crippen molar-refractivity contribution in [3.63, 3.8) is 0 Å². The molecule has 2 unspecified atom stereocenters. The third kappa shape index (κ3) is 26.2. The van der Waals surface area contributed by atoms with E-state index in [2.05, 4.69) is 195 Å². The smallest absolute Gasteiger partial charge is 0.325 e. The summed E-state index contributed by atoms with van der Waals surface area (Å²) < 4.78 is 47.2. The Bertz CT molecular complexity index is 3710. The van der Waals surface area contributed by atoms with Gasteiger partial charge >= 0.3 is 15.2 Å². The van der Waals surface area contributed by atoms with E-state index in [1.54, 1.807) is 0 Å². The number of thiazole rings is 1. The summed E-state index contributed by atoms with van der Waals surface area (Å²) in [5.41, 5.74) is 6.48. The number of rotatable bonds is 8. The molecular weight excluding hydrogens is 1470 g/mol. The summed E-state index contributed by atoms with van der Waals surface area (Å²) in [6.07, 6.45) is 36.3. The summed E-state index contributed by atoms with van der Waals surface area (Å²) in [7, 11) is -6.61. The normalized spacial score (nSPS) is 34.5. The number of aromatic nitrogens is 3. The Morgan fingerprint density at radius 1 is 0.395 bits per heavy atom. The van der Waals surface area contributed by atoms with Crippen molar-refractivity contribution < 1.29 is 36.8 Å². The molecule has 6 saturated heterocycles. The zero-order valence-corrected chi connectivity index (χ0v) is 77.4. The van der Waals surface area contributed by atoms with Crippen molar-refractivity contribution in [3.05, 3.63) is 85.1 Å². The third-order valence-electron chi connectivity index (χ3n) is 25.2. The van der Waals surface area contributed by atoms with Crippen LogP contribution in [0.3, 0.4) is 0 Å². The van der Waals surface area contributed by atoms with Gasteiger partial charge in [-0.05, 0) is 295 Å². The first-order chi connectivity index (χ1) is 53.0. The highest BCUT2D eigenvalue weighted by atomic mass is 32.1. The molecule has 6 aromatic rings. The number of piperidine rings is 6. The Morgan fingerprint density at radius 3 is 1.10 bits per heavy atom. The minimum Gasteiger partial charge on any atom is -0.423 e. The fraction of sp³-hybridized carbons (Fsp3) is 0.763. The SMILES string of the molecule is CC(C)(C)C.CC(C)(C)C.CC(C)(C)C.CC(C)(C)C.CC(C)(C)C.CP(=O)(O)OC12CC3CC(CC(C3)C1)C2.CP(=O)(O)OC1C2CC3CC(C2)CC1C3.c1ccc(-c2cnc(N3C4CC5CC(C4)CC3C5)o2)cc1.c1ccc2oc(N3C4CC5CC(C4)CC3C5)nc2c1.c1ccc2sc(N3C4CC5CC(C4)CC3C5)nc2c1. The predicted molar refractivity (Wildman–Crippen MR) is 477 cm³/mol. The zero-order valence-electron chi connectivity index (χ0n) is 74.8. The maximum Gasteiger partial charge on any atom is 0.325 e. The molecule has 636 valence electrons. The Morgan fingerprint density at radius 2 is 0.728 bits per heavy atom. The molecule has 3 aromatic heterocycles. The quantitative estimate of drug-likeness (QED) is 0.138. The van der Waals surface area contributed by atoms with E-state index in [0.29, 0.717) is 63.1 Å². The van der Waals surface area contributed by atoms with Crippen LogP contribution in [0.2, 0.25) is 0 Å². The van der Waals surface area contributed by atoms with Crippen LogP contribution in [-0.4, -0.2) is 86.0 Å². The Labute approximate surface area is 694 Å². The summed E-state index contributed by atoms with van der Waals surface area (Å²) in [5, 5.41) is 1.29. The van der Waals surface area contributed by atoms with E-state index in [4.69, 9.17) is 27.8 Å². The van der Waals surface area contributed by atoms with Crippen LogP contribution in [-0.2, 0) is 18.2 Å². The number of benzene rings is 3. The molecule has 3 aromatic carbocycles. The Hall–Kier alpha value is -4.07. The first kappa shape index (κ1) is 89.2. The number of oxazole rings is 2. The van der Waals surface area contributed by atoms with Crippen LogP contribution in [0, 0.1) is 104 Å². The molecule has 6 aliphatic heterocycles. The highest BCUT2D eigenvalue weighted by molar-refractivity contribution is 7.52. The third-order valence-corrected chi connectivity index (χ3v) is 27.6. The van der Waals surface area contributed by atoms with Gasteiger partial charge in [0.05, 0.1) is 28.1 Å². The minimum atomic E-state index is -3.31. The van der Waals surface area contributed by atoms with Crippen LogP contribution < -0.4 is 14.7 Å². The second kappa shape index (κ2) is 35.9. The molecule has 9 heterocycles. The summed E-state index contributed by atoms with van der Waals surface area (Å²) in [4.78, 5) is 40.7. The van der Waals surface area contributed by atoms with E-state index in [9.17, 15) is 18.9 Å². The maximum absolute atomic E-state index is 11.4. The van der Waals surface area contributed by atoms with Crippen LogP contribution >= 0.6 is 26.5 Å². The van der Waals surface area contributed by atoms with Gasteiger partial charge in [0.25, 0.3) is 12.0 Å². The van der Waals surface area contributed by atoms with Gasteiger partial charge in [-0.1, -0.05) is 204 Å². The van der Waals surface area contributed by atoms with Gasteiger partial charge < -0.3 is 42.4 Å². The van der Waals surface area contributed by atoms with E-state index in [-0.39, 0.29) is 11.7 Å². The molecule has 20 fully saturated rings. The minimum absolute atomic E-state index is 0.0821. The molecule has 26 rings (SSSR count). The summed E-state index contributed by atoms with van der Waals surface area (Å²) in [6, 6.07) is 32.9. The lowest BCUT2D eigenvalue weighted by atomic mass is 9.54. The lowest BCUT2D eigenvalue weighted by Gasteiger charge is -2.56. The van der Waals surface area contributed by atoms with Gasteiger partial charge in [-0.2, -0.15) is 4.98 Å². The summed E-state index contributed by atoms with van der Waals surface area (Å²) >= 11 is 1.89. The fourth-order valence-corrected chi connectivity index (χ4v) is 26.2. The molecule has 20 bridgehead atoms. The predicted octanol–water partition coefficient (Wildman–Crippen LogP) is 27.5. The van der Waals surface area contributed by atoms with Gasteiger partial charge in [0.1, 0.15) is 5.52 Å².